The molecule has 1 heterocycles. The summed E-state index contributed by atoms with van der Waals surface area (Å²) < 4.78 is 11.5. The minimum Gasteiger partial charge on any atom is -0.372 e. The zero-order valence-corrected chi connectivity index (χ0v) is 15.9. The Balaban J connectivity index is 1.56. The van der Waals surface area contributed by atoms with Gasteiger partial charge in [0.1, 0.15) is 5.60 Å². The lowest BCUT2D eigenvalue weighted by Crippen LogP contribution is -2.54. The van der Waals surface area contributed by atoms with Crippen molar-refractivity contribution < 1.29 is 14.3 Å². The third kappa shape index (κ3) is 5.16. The van der Waals surface area contributed by atoms with Crippen LogP contribution in [0.5, 0.6) is 0 Å². The van der Waals surface area contributed by atoms with E-state index in [-0.39, 0.29) is 5.91 Å². The number of amides is 1. The molecule has 0 radical (unpaired) electrons. The zero-order valence-electron chi connectivity index (χ0n) is 15.9. The van der Waals surface area contributed by atoms with E-state index in [2.05, 4.69) is 22.8 Å². The van der Waals surface area contributed by atoms with Gasteiger partial charge in [0.25, 0.3) is 5.91 Å². The number of methoxy groups -OCH3 is 1. The van der Waals surface area contributed by atoms with E-state index in [4.69, 9.17) is 9.47 Å². The standard InChI is InChI=1S/C22H28N2O3/c1-26-22(11-13-23-14-12-22)21(25)24-15-19-9-5-6-10-20(19)17-27-16-18-7-3-2-4-8-18/h2-10,23H,11-17H2,1H3,(H,24,25). The average Bonchev–Trinajstić information content (AvgIpc) is 2.74. The second-order valence-electron chi connectivity index (χ2n) is 6.88. The van der Waals surface area contributed by atoms with Crippen LogP contribution in [0.3, 0.4) is 0 Å². The Hall–Kier alpha value is -2.21. The highest BCUT2D eigenvalue weighted by Gasteiger charge is 2.39. The van der Waals surface area contributed by atoms with Crippen LogP contribution >= 0.6 is 0 Å². The molecule has 3 rings (SSSR count). The maximum atomic E-state index is 12.7. The van der Waals surface area contributed by atoms with Gasteiger partial charge < -0.3 is 20.1 Å². The van der Waals surface area contributed by atoms with E-state index in [0.29, 0.717) is 32.6 Å². The number of carbonyl (C=O) groups excluding carboxylic acids is 1. The number of piperidine rings is 1. The second kappa shape index (κ2) is 9.65. The van der Waals surface area contributed by atoms with E-state index in [9.17, 15) is 4.79 Å². The van der Waals surface area contributed by atoms with Gasteiger partial charge >= 0.3 is 0 Å². The first-order valence-electron chi connectivity index (χ1n) is 9.46. The van der Waals surface area contributed by atoms with E-state index in [1.807, 2.05) is 42.5 Å². The van der Waals surface area contributed by atoms with Crippen LogP contribution in [-0.4, -0.2) is 31.7 Å². The molecule has 0 saturated carbocycles. The molecule has 144 valence electrons. The Morgan fingerprint density at radius 1 is 1.00 bits per heavy atom. The second-order valence-corrected chi connectivity index (χ2v) is 6.88. The molecule has 1 amide bonds. The first kappa shape index (κ1) is 19.5. The molecular weight excluding hydrogens is 340 g/mol. The molecule has 2 N–H and O–H groups in total. The van der Waals surface area contributed by atoms with Crippen molar-refractivity contribution in [3.05, 3.63) is 71.3 Å². The van der Waals surface area contributed by atoms with Gasteiger partial charge in [-0.05, 0) is 42.6 Å². The van der Waals surface area contributed by atoms with Crippen molar-refractivity contribution in [1.29, 1.82) is 0 Å². The minimum atomic E-state index is -0.718. The first-order valence-corrected chi connectivity index (χ1v) is 9.46. The van der Waals surface area contributed by atoms with Gasteiger partial charge in [0.05, 0.1) is 13.2 Å². The molecule has 0 aliphatic carbocycles. The van der Waals surface area contributed by atoms with Gasteiger partial charge in [0, 0.05) is 13.7 Å². The van der Waals surface area contributed by atoms with Crippen LogP contribution < -0.4 is 10.6 Å². The lowest BCUT2D eigenvalue weighted by atomic mass is 9.91. The van der Waals surface area contributed by atoms with Crippen LogP contribution in [0, 0.1) is 0 Å². The van der Waals surface area contributed by atoms with Crippen molar-refractivity contribution in [3.8, 4) is 0 Å². The molecular formula is C22H28N2O3. The number of ether oxygens (including phenoxy) is 2. The molecule has 5 nitrogen and oxygen atoms in total. The van der Waals surface area contributed by atoms with Gasteiger partial charge in [0.15, 0.2) is 0 Å². The number of nitrogens with one attached hydrogen (secondary N) is 2. The summed E-state index contributed by atoms with van der Waals surface area (Å²) in [7, 11) is 1.62. The summed E-state index contributed by atoms with van der Waals surface area (Å²) in [6.45, 7) is 3.15. The summed E-state index contributed by atoms with van der Waals surface area (Å²) >= 11 is 0. The smallest absolute Gasteiger partial charge is 0.252 e. The van der Waals surface area contributed by atoms with Gasteiger partial charge in [-0.15, -0.1) is 0 Å². The molecule has 2 aromatic carbocycles. The quantitative estimate of drug-likeness (QED) is 0.752. The Kier molecular flexibility index (Phi) is 6.98. The predicted molar refractivity (Wildman–Crippen MR) is 105 cm³/mol. The van der Waals surface area contributed by atoms with Crippen LogP contribution in [0.4, 0.5) is 0 Å². The number of rotatable bonds is 8. The molecule has 0 aromatic heterocycles. The molecule has 1 aliphatic heterocycles. The Morgan fingerprint density at radius 2 is 1.67 bits per heavy atom. The van der Waals surface area contributed by atoms with E-state index < -0.39 is 5.60 Å². The maximum Gasteiger partial charge on any atom is 0.252 e. The molecule has 0 atom stereocenters. The van der Waals surface area contributed by atoms with Crippen molar-refractivity contribution in [2.24, 2.45) is 0 Å². The van der Waals surface area contributed by atoms with Crippen molar-refractivity contribution in [1.82, 2.24) is 10.6 Å². The lowest BCUT2D eigenvalue weighted by molar-refractivity contribution is -0.146. The lowest BCUT2D eigenvalue weighted by Gasteiger charge is -2.34. The average molecular weight is 368 g/mol. The monoisotopic (exact) mass is 368 g/mol. The van der Waals surface area contributed by atoms with E-state index in [0.717, 1.165) is 29.8 Å². The van der Waals surface area contributed by atoms with E-state index in [1.165, 1.54) is 0 Å². The SMILES string of the molecule is COC1(C(=O)NCc2ccccc2COCc2ccccc2)CCNCC1. The van der Waals surface area contributed by atoms with Crippen molar-refractivity contribution >= 4 is 5.91 Å². The largest absolute Gasteiger partial charge is 0.372 e. The summed E-state index contributed by atoms with van der Waals surface area (Å²) in [5.74, 6) is -0.0356. The first-order chi connectivity index (χ1) is 13.2. The van der Waals surface area contributed by atoms with Crippen molar-refractivity contribution in [2.45, 2.75) is 38.2 Å². The van der Waals surface area contributed by atoms with Crippen LogP contribution in [0.2, 0.25) is 0 Å². The molecule has 1 aliphatic rings. The molecule has 2 aromatic rings. The van der Waals surface area contributed by atoms with Gasteiger partial charge in [-0.3, -0.25) is 4.79 Å². The van der Waals surface area contributed by atoms with Crippen LogP contribution in [-0.2, 0) is 34.0 Å². The van der Waals surface area contributed by atoms with Gasteiger partial charge in [0.2, 0.25) is 0 Å². The Labute approximate surface area is 161 Å². The topological polar surface area (TPSA) is 59.6 Å². The van der Waals surface area contributed by atoms with E-state index in [1.54, 1.807) is 7.11 Å². The molecule has 1 fully saturated rings. The summed E-state index contributed by atoms with van der Waals surface area (Å²) in [6.07, 6.45) is 1.38. The number of carbonyl (C=O) groups is 1. The molecule has 0 spiro atoms. The third-order valence-electron chi connectivity index (χ3n) is 5.14. The summed E-state index contributed by atoms with van der Waals surface area (Å²) in [4.78, 5) is 12.7. The molecule has 1 saturated heterocycles. The van der Waals surface area contributed by atoms with Crippen LogP contribution in [0.1, 0.15) is 29.5 Å². The van der Waals surface area contributed by atoms with Gasteiger partial charge in [-0.25, -0.2) is 0 Å². The fraction of sp³-hybridized carbons (Fsp3) is 0.409. The van der Waals surface area contributed by atoms with Crippen LogP contribution in [0.15, 0.2) is 54.6 Å². The highest BCUT2D eigenvalue weighted by Crippen LogP contribution is 2.23. The Morgan fingerprint density at radius 3 is 2.37 bits per heavy atom. The zero-order chi connectivity index (χ0) is 19.0. The molecule has 27 heavy (non-hydrogen) atoms. The van der Waals surface area contributed by atoms with Crippen molar-refractivity contribution in [2.75, 3.05) is 20.2 Å². The van der Waals surface area contributed by atoms with Crippen LogP contribution in [0.25, 0.3) is 0 Å². The highest BCUT2D eigenvalue weighted by molar-refractivity contribution is 5.85. The minimum absolute atomic E-state index is 0.0356. The number of hydrogen-bond donors (Lipinski definition) is 2. The molecule has 5 heteroatoms. The summed E-state index contributed by atoms with van der Waals surface area (Å²) in [5.41, 5.74) is 2.59. The van der Waals surface area contributed by atoms with Crippen molar-refractivity contribution in [3.63, 3.8) is 0 Å². The summed E-state index contributed by atoms with van der Waals surface area (Å²) in [5, 5.41) is 6.33. The maximum absolute atomic E-state index is 12.7. The highest BCUT2D eigenvalue weighted by atomic mass is 16.5. The Bertz CT molecular complexity index is 727. The van der Waals surface area contributed by atoms with Gasteiger partial charge in [-0.2, -0.15) is 0 Å². The third-order valence-corrected chi connectivity index (χ3v) is 5.14. The fourth-order valence-corrected chi connectivity index (χ4v) is 3.41. The fourth-order valence-electron chi connectivity index (χ4n) is 3.41. The summed E-state index contributed by atoms with van der Waals surface area (Å²) in [6, 6.07) is 18.2. The number of benzene rings is 2. The van der Waals surface area contributed by atoms with E-state index >= 15 is 0 Å². The molecule has 0 bridgehead atoms. The number of hydrogen-bond acceptors (Lipinski definition) is 4. The predicted octanol–water partition coefficient (Wildman–Crippen LogP) is 2.79. The van der Waals surface area contributed by atoms with Gasteiger partial charge in [-0.1, -0.05) is 54.6 Å². The normalized spacial score (nSPS) is 16.0. The molecule has 0 unspecified atom stereocenters.